The Morgan fingerprint density at radius 3 is 1.85 bits per heavy atom. The third-order valence-corrected chi connectivity index (χ3v) is 5.56. The molecule has 0 aliphatic carbocycles. The van der Waals surface area contributed by atoms with Gasteiger partial charge in [0.05, 0.1) is 13.2 Å². The van der Waals surface area contributed by atoms with Crippen LogP contribution >= 0.6 is 0 Å². The van der Waals surface area contributed by atoms with Crippen LogP contribution in [0.4, 0.5) is 0 Å². The van der Waals surface area contributed by atoms with Crippen LogP contribution in [0.2, 0.25) is 0 Å². The largest absolute Gasteiger partial charge is 0.375 e. The highest BCUT2D eigenvalue weighted by Crippen LogP contribution is 2.37. The minimum Gasteiger partial charge on any atom is -0.375 e. The Morgan fingerprint density at radius 2 is 1.30 bits per heavy atom. The quantitative estimate of drug-likeness (QED) is 0.760. The standard InChI is InChI=1S/C15H28N4O/c1-2-10-18(11-3-1)19-12-13-20-14-15(19,16-6-4-7-16)17-8-5-9-17/h1-14H2. The minimum absolute atomic E-state index is 0.0477. The summed E-state index contributed by atoms with van der Waals surface area (Å²) < 4.78 is 5.97. The van der Waals surface area contributed by atoms with E-state index >= 15 is 0 Å². The van der Waals surface area contributed by atoms with Crippen molar-refractivity contribution in [3.63, 3.8) is 0 Å². The van der Waals surface area contributed by atoms with Gasteiger partial charge in [-0.15, -0.1) is 0 Å². The predicted octanol–water partition coefficient (Wildman–Crippen LogP) is 0.785. The zero-order chi connectivity index (χ0) is 13.4. The number of hydrogen-bond acceptors (Lipinski definition) is 5. The van der Waals surface area contributed by atoms with E-state index in [1.807, 2.05) is 0 Å². The third-order valence-electron chi connectivity index (χ3n) is 5.56. The Balaban J connectivity index is 1.61. The lowest BCUT2D eigenvalue weighted by atomic mass is 10.0. The highest BCUT2D eigenvalue weighted by Gasteiger charge is 2.54. The van der Waals surface area contributed by atoms with Gasteiger partial charge in [-0.3, -0.25) is 9.80 Å². The first-order valence-corrected chi connectivity index (χ1v) is 8.52. The maximum atomic E-state index is 5.97. The van der Waals surface area contributed by atoms with Crippen LogP contribution in [0.1, 0.15) is 32.1 Å². The molecule has 4 rings (SSSR count). The maximum absolute atomic E-state index is 5.97. The normalized spacial score (nSPS) is 33.6. The Kier molecular flexibility index (Phi) is 3.73. The van der Waals surface area contributed by atoms with Crippen LogP contribution in [-0.4, -0.2) is 84.6 Å². The molecule has 5 nitrogen and oxygen atoms in total. The lowest BCUT2D eigenvalue weighted by Crippen LogP contribution is -2.81. The summed E-state index contributed by atoms with van der Waals surface area (Å²) in [5.41, 5.74) is 0. The summed E-state index contributed by atoms with van der Waals surface area (Å²) >= 11 is 0. The summed E-state index contributed by atoms with van der Waals surface area (Å²) in [6, 6.07) is 0. The van der Waals surface area contributed by atoms with E-state index in [-0.39, 0.29) is 5.79 Å². The maximum Gasteiger partial charge on any atom is 0.168 e. The number of ether oxygens (including phenoxy) is 1. The van der Waals surface area contributed by atoms with Gasteiger partial charge in [0.25, 0.3) is 0 Å². The number of likely N-dealkylation sites (tertiary alicyclic amines) is 2. The van der Waals surface area contributed by atoms with Crippen LogP contribution < -0.4 is 0 Å². The zero-order valence-electron chi connectivity index (χ0n) is 12.6. The summed E-state index contributed by atoms with van der Waals surface area (Å²) in [6.45, 7) is 10.3. The number of hydrazine groups is 1. The van der Waals surface area contributed by atoms with Crippen molar-refractivity contribution in [2.45, 2.75) is 37.9 Å². The van der Waals surface area contributed by atoms with Gasteiger partial charge >= 0.3 is 0 Å². The Labute approximate surface area is 122 Å². The number of rotatable bonds is 3. The topological polar surface area (TPSA) is 22.2 Å². The molecule has 0 saturated carbocycles. The molecule has 4 aliphatic heterocycles. The molecule has 4 saturated heterocycles. The van der Waals surface area contributed by atoms with Gasteiger partial charge in [-0.05, 0) is 25.7 Å². The Morgan fingerprint density at radius 1 is 0.650 bits per heavy atom. The monoisotopic (exact) mass is 280 g/mol. The molecule has 0 bridgehead atoms. The van der Waals surface area contributed by atoms with E-state index in [4.69, 9.17) is 4.74 Å². The van der Waals surface area contributed by atoms with E-state index in [9.17, 15) is 0 Å². The van der Waals surface area contributed by atoms with Gasteiger partial charge in [0.1, 0.15) is 0 Å². The molecule has 0 aromatic rings. The fourth-order valence-electron chi connectivity index (χ4n) is 4.16. The molecule has 5 heteroatoms. The summed E-state index contributed by atoms with van der Waals surface area (Å²) in [5.74, 6) is 0.0477. The van der Waals surface area contributed by atoms with Crippen molar-refractivity contribution in [2.24, 2.45) is 0 Å². The van der Waals surface area contributed by atoms with E-state index in [0.717, 1.165) is 19.8 Å². The molecule has 0 aromatic heterocycles. The molecule has 0 radical (unpaired) electrons. The second-order valence-electron chi connectivity index (χ2n) is 6.65. The van der Waals surface area contributed by atoms with Crippen molar-refractivity contribution in [3.05, 3.63) is 0 Å². The van der Waals surface area contributed by atoms with Crippen molar-refractivity contribution in [1.82, 2.24) is 19.8 Å². The average Bonchev–Trinajstić information content (AvgIpc) is 2.36. The SMILES string of the molecule is C1CCN(N2CCOCC2(N2CCC2)N2CCC2)CC1. The van der Waals surface area contributed by atoms with E-state index in [0.29, 0.717) is 0 Å². The van der Waals surface area contributed by atoms with Crippen LogP contribution in [0.15, 0.2) is 0 Å². The predicted molar refractivity (Wildman–Crippen MR) is 78.1 cm³/mol. The second kappa shape index (κ2) is 5.54. The molecular weight excluding hydrogens is 252 g/mol. The number of piperidine rings is 1. The highest BCUT2D eigenvalue weighted by atomic mass is 16.5. The van der Waals surface area contributed by atoms with Crippen LogP contribution in [0.25, 0.3) is 0 Å². The molecule has 20 heavy (non-hydrogen) atoms. The van der Waals surface area contributed by atoms with Gasteiger partial charge in [-0.25, -0.2) is 10.0 Å². The zero-order valence-corrected chi connectivity index (χ0v) is 12.6. The number of hydrogen-bond donors (Lipinski definition) is 0. The van der Waals surface area contributed by atoms with E-state index in [1.165, 1.54) is 71.4 Å². The molecule has 114 valence electrons. The van der Waals surface area contributed by atoms with Crippen LogP contribution in [0.5, 0.6) is 0 Å². The summed E-state index contributed by atoms with van der Waals surface area (Å²) in [6.07, 6.45) is 6.81. The van der Waals surface area contributed by atoms with Gasteiger partial charge in [-0.1, -0.05) is 6.42 Å². The fourth-order valence-corrected chi connectivity index (χ4v) is 4.16. The van der Waals surface area contributed by atoms with E-state index in [1.54, 1.807) is 0 Å². The molecule has 0 aromatic carbocycles. The summed E-state index contributed by atoms with van der Waals surface area (Å²) in [7, 11) is 0. The molecule has 0 atom stereocenters. The van der Waals surface area contributed by atoms with Crippen LogP contribution in [-0.2, 0) is 4.74 Å². The van der Waals surface area contributed by atoms with E-state index < -0.39 is 0 Å². The van der Waals surface area contributed by atoms with Crippen molar-refractivity contribution >= 4 is 0 Å². The first-order valence-electron chi connectivity index (χ1n) is 8.52. The molecular formula is C15H28N4O. The van der Waals surface area contributed by atoms with E-state index in [2.05, 4.69) is 19.8 Å². The minimum atomic E-state index is 0.0477. The molecule has 4 aliphatic rings. The molecule has 0 amide bonds. The number of nitrogens with zero attached hydrogens (tertiary/aromatic N) is 4. The number of morpholine rings is 1. The first-order chi connectivity index (χ1) is 9.91. The third kappa shape index (κ3) is 2.03. The molecule has 4 heterocycles. The molecule has 0 N–H and O–H groups in total. The van der Waals surface area contributed by atoms with Gasteiger partial charge in [0.15, 0.2) is 5.79 Å². The van der Waals surface area contributed by atoms with Gasteiger partial charge in [0.2, 0.25) is 0 Å². The molecule has 0 unspecified atom stereocenters. The van der Waals surface area contributed by atoms with Crippen molar-refractivity contribution in [1.29, 1.82) is 0 Å². The lowest BCUT2D eigenvalue weighted by Gasteiger charge is -2.64. The smallest absolute Gasteiger partial charge is 0.168 e. The van der Waals surface area contributed by atoms with Crippen LogP contribution in [0.3, 0.4) is 0 Å². The van der Waals surface area contributed by atoms with Crippen molar-refractivity contribution < 1.29 is 4.74 Å². The average molecular weight is 280 g/mol. The lowest BCUT2D eigenvalue weighted by molar-refractivity contribution is -0.318. The van der Waals surface area contributed by atoms with Crippen molar-refractivity contribution in [3.8, 4) is 0 Å². The highest BCUT2D eigenvalue weighted by molar-refractivity contribution is 4.98. The first kappa shape index (κ1) is 13.5. The van der Waals surface area contributed by atoms with Gasteiger partial charge < -0.3 is 4.74 Å². The van der Waals surface area contributed by atoms with Crippen LogP contribution in [0, 0.1) is 0 Å². The Bertz CT molecular complexity index is 323. The summed E-state index contributed by atoms with van der Waals surface area (Å²) in [5, 5.41) is 5.33. The fraction of sp³-hybridized carbons (Fsp3) is 1.00. The summed E-state index contributed by atoms with van der Waals surface area (Å²) in [4.78, 5) is 5.33. The Hall–Kier alpha value is -0.200. The molecule has 4 fully saturated rings. The van der Waals surface area contributed by atoms with Crippen molar-refractivity contribution in [2.75, 3.05) is 59.0 Å². The second-order valence-corrected chi connectivity index (χ2v) is 6.65. The molecule has 0 spiro atoms. The van der Waals surface area contributed by atoms with Gasteiger partial charge in [0, 0.05) is 45.8 Å². The van der Waals surface area contributed by atoms with Gasteiger partial charge in [-0.2, -0.15) is 0 Å².